The molecule has 0 spiro atoms. The summed E-state index contributed by atoms with van der Waals surface area (Å²) in [6.45, 7) is 0.120. The van der Waals surface area contributed by atoms with E-state index >= 15 is 0 Å². The van der Waals surface area contributed by atoms with Crippen LogP contribution in [0.15, 0.2) is 12.1 Å². The van der Waals surface area contributed by atoms with Gasteiger partial charge in [0, 0.05) is 13.1 Å². The molecule has 2 N–H and O–H groups in total. The lowest BCUT2D eigenvalue weighted by Crippen LogP contribution is -2.30. The van der Waals surface area contributed by atoms with Gasteiger partial charge in [-0.1, -0.05) is 23.2 Å². The maximum atomic E-state index is 12.0. The van der Waals surface area contributed by atoms with Gasteiger partial charge in [0.2, 0.25) is 0 Å². The predicted octanol–water partition coefficient (Wildman–Crippen LogP) is 0.566. The molecule has 0 saturated carbocycles. The SMILES string of the molecule is O=C(c1nc(Cl)ccc1Cl)N1C[C@@H](O)[C@@H](O)C1. The largest absolute Gasteiger partial charge is 0.388 e. The molecule has 7 heteroatoms. The van der Waals surface area contributed by atoms with Crippen molar-refractivity contribution < 1.29 is 15.0 Å². The number of amides is 1. The third-order valence-electron chi connectivity index (χ3n) is 2.56. The quantitative estimate of drug-likeness (QED) is 0.736. The van der Waals surface area contributed by atoms with E-state index in [1.807, 2.05) is 0 Å². The molecule has 0 unspecified atom stereocenters. The molecular formula is C10H10Cl2N2O3. The van der Waals surface area contributed by atoms with Crippen LogP contribution >= 0.6 is 23.2 Å². The van der Waals surface area contributed by atoms with E-state index in [0.29, 0.717) is 0 Å². The predicted molar refractivity (Wildman–Crippen MR) is 62.2 cm³/mol. The Labute approximate surface area is 108 Å². The minimum Gasteiger partial charge on any atom is -0.388 e. The molecule has 1 aliphatic rings. The van der Waals surface area contributed by atoms with Crippen molar-refractivity contribution in [3.8, 4) is 0 Å². The van der Waals surface area contributed by atoms with E-state index in [9.17, 15) is 15.0 Å². The second-order valence-corrected chi connectivity index (χ2v) is 4.60. The Morgan fingerprint density at radius 3 is 2.47 bits per heavy atom. The monoisotopic (exact) mass is 276 g/mol. The smallest absolute Gasteiger partial charge is 0.274 e. The number of carbonyl (C=O) groups is 1. The number of aliphatic hydroxyl groups excluding tert-OH is 2. The van der Waals surface area contributed by atoms with Crippen LogP contribution in [-0.2, 0) is 0 Å². The first-order chi connectivity index (χ1) is 7.99. The van der Waals surface area contributed by atoms with Crippen LogP contribution in [0, 0.1) is 0 Å². The summed E-state index contributed by atoms with van der Waals surface area (Å²) in [5.41, 5.74) is 0.0282. The van der Waals surface area contributed by atoms with Gasteiger partial charge in [-0.25, -0.2) is 4.98 Å². The molecule has 1 aromatic heterocycles. The number of β-amino-alcohol motifs (C(OH)–C–C–N with tert-alkyl or cyclic N) is 2. The molecular weight excluding hydrogens is 267 g/mol. The Morgan fingerprint density at radius 1 is 1.29 bits per heavy atom. The van der Waals surface area contributed by atoms with Crippen LogP contribution in [-0.4, -0.2) is 51.3 Å². The van der Waals surface area contributed by atoms with Gasteiger partial charge in [-0.2, -0.15) is 0 Å². The van der Waals surface area contributed by atoms with Crippen LogP contribution in [0.3, 0.4) is 0 Å². The summed E-state index contributed by atoms with van der Waals surface area (Å²) in [5.74, 6) is -0.451. The molecule has 0 aromatic carbocycles. The first-order valence-corrected chi connectivity index (χ1v) is 5.72. The van der Waals surface area contributed by atoms with Crippen molar-refractivity contribution in [2.45, 2.75) is 12.2 Å². The molecule has 1 saturated heterocycles. The number of aliphatic hydroxyl groups is 2. The number of hydrogen-bond acceptors (Lipinski definition) is 4. The van der Waals surface area contributed by atoms with Gasteiger partial charge in [0.05, 0.1) is 17.2 Å². The lowest BCUT2D eigenvalue weighted by atomic mass is 10.3. The molecule has 2 atom stereocenters. The lowest BCUT2D eigenvalue weighted by Gasteiger charge is -2.15. The molecule has 0 bridgehead atoms. The van der Waals surface area contributed by atoms with E-state index in [1.165, 1.54) is 17.0 Å². The summed E-state index contributed by atoms with van der Waals surface area (Å²) in [6, 6.07) is 2.96. The normalized spacial score (nSPS) is 24.1. The number of hydrogen-bond donors (Lipinski definition) is 2. The minimum absolute atomic E-state index is 0.0282. The van der Waals surface area contributed by atoms with Gasteiger partial charge in [0.15, 0.2) is 0 Å². The van der Waals surface area contributed by atoms with E-state index in [2.05, 4.69) is 4.98 Å². The van der Waals surface area contributed by atoms with E-state index in [-0.39, 0.29) is 29.0 Å². The molecule has 1 fully saturated rings. The summed E-state index contributed by atoms with van der Waals surface area (Å²) >= 11 is 11.5. The van der Waals surface area contributed by atoms with E-state index in [1.54, 1.807) is 0 Å². The van der Waals surface area contributed by atoms with Crippen LogP contribution in [0.1, 0.15) is 10.5 Å². The Hall–Kier alpha value is -0.880. The van der Waals surface area contributed by atoms with Crippen molar-refractivity contribution >= 4 is 29.1 Å². The Bertz CT molecular complexity index is 445. The number of nitrogens with zero attached hydrogens (tertiary/aromatic N) is 2. The number of pyridine rings is 1. The summed E-state index contributed by atoms with van der Waals surface area (Å²) in [7, 11) is 0. The molecule has 5 nitrogen and oxygen atoms in total. The standard InChI is InChI=1S/C10H10Cl2N2O3/c11-5-1-2-8(12)13-9(5)10(17)14-3-6(15)7(16)4-14/h1-2,6-7,15-16H,3-4H2/t6-,7+. The number of carbonyl (C=O) groups excluding carboxylic acids is 1. The van der Waals surface area contributed by atoms with Gasteiger partial charge in [-0.15, -0.1) is 0 Å². The molecule has 92 valence electrons. The summed E-state index contributed by atoms with van der Waals surface area (Å²) in [6.07, 6.45) is -1.87. The highest BCUT2D eigenvalue weighted by Gasteiger charge is 2.34. The van der Waals surface area contributed by atoms with E-state index < -0.39 is 18.1 Å². The number of rotatable bonds is 1. The van der Waals surface area contributed by atoms with Crippen molar-refractivity contribution in [1.82, 2.24) is 9.88 Å². The fourth-order valence-corrected chi connectivity index (χ4v) is 1.99. The molecule has 2 rings (SSSR count). The molecule has 0 aliphatic carbocycles. The van der Waals surface area contributed by atoms with Gasteiger partial charge in [-0.05, 0) is 12.1 Å². The summed E-state index contributed by atoms with van der Waals surface area (Å²) in [5, 5.41) is 19.1. The Kier molecular flexibility index (Phi) is 3.53. The highest BCUT2D eigenvalue weighted by molar-refractivity contribution is 6.34. The molecule has 1 amide bonds. The zero-order valence-corrected chi connectivity index (χ0v) is 10.2. The molecule has 1 aliphatic heterocycles. The maximum Gasteiger partial charge on any atom is 0.274 e. The average Bonchev–Trinajstić information content (AvgIpc) is 2.62. The Morgan fingerprint density at radius 2 is 1.88 bits per heavy atom. The zero-order chi connectivity index (χ0) is 12.6. The Balaban J connectivity index is 2.23. The van der Waals surface area contributed by atoms with Crippen LogP contribution in [0.5, 0.6) is 0 Å². The molecule has 2 heterocycles. The van der Waals surface area contributed by atoms with Crippen LogP contribution in [0.25, 0.3) is 0 Å². The fourth-order valence-electron chi connectivity index (χ4n) is 1.65. The lowest BCUT2D eigenvalue weighted by molar-refractivity contribution is 0.0572. The van der Waals surface area contributed by atoms with Gasteiger partial charge < -0.3 is 15.1 Å². The van der Waals surface area contributed by atoms with Crippen LogP contribution in [0.2, 0.25) is 10.2 Å². The van der Waals surface area contributed by atoms with Gasteiger partial charge >= 0.3 is 0 Å². The molecule has 17 heavy (non-hydrogen) atoms. The second kappa shape index (κ2) is 4.78. The molecule has 0 radical (unpaired) electrons. The molecule has 1 aromatic rings. The number of halogens is 2. The highest BCUT2D eigenvalue weighted by atomic mass is 35.5. The summed E-state index contributed by atoms with van der Waals surface area (Å²) < 4.78 is 0. The van der Waals surface area contributed by atoms with Crippen molar-refractivity contribution in [2.75, 3.05) is 13.1 Å². The third-order valence-corrected chi connectivity index (χ3v) is 3.08. The first kappa shape index (κ1) is 12.6. The second-order valence-electron chi connectivity index (χ2n) is 3.81. The van der Waals surface area contributed by atoms with Gasteiger partial charge in [0.1, 0.15) is 10.8 Å². The zero-order valence-electron chi connectivity index (χ0n) is 8.68. The number of likely N-dealkylation sites (tertiary alicyclic amines) is 1. The third kappa shape index (κ3) is 2.52. The summed E-state index contributed by atoms with van der Waals surface area (Å²) in [4.78, 5) is 17.1. The van der Waals surface area contributed by atoms with E-state index in [4.69, 9.17) is 23.2 Å². The van der Waals surface area contributed by atoms with Crippen molar-refractivity contribution in [1.29, 1.82) is 0 Å². The minimum atomic E-state index is -0.933. The van der Waals surface area contributed by atoms with Crippen LogP contribution in [0.4, 0.5) is 0 Å². The van der Waals surface area contributed by atoms with Gasteiger partial charge in [-0.3, -0.25) is 4.79 Å². The van der Waals surface area contributed by atoms with Gasteiger partial charge in [0.25, 0.3) is 5.91 Å². The maximum absolute atomic E-state index is 12.0. The first-order valence-electron chi connectivity index (χ1n) is 4.96. The van der Waals surface area contributed by atoms with Crippen molar-refractivity contribution in [3.05, 3.63) is 28.0 Å². The van der Waals surface area contributed by atoms with E-state index in [0.717, 1.165) is 0 Å². The van der Waals surface area contributed by atoms with Crippen LogP contribution < -0.4 is 0 Å². The number of aromatic nitrogens is 1. The highest BCUT2D eigenvalue weighted by Crippen LogP contribution is 2.20. The topological polar surface area (TPSA) is 73.7 Å². The fraction of sp³-hybridized carbons (Fsp3) is 0.400. The average molecular weight is 277 g/mol. The van der Waals surface area contributed by atoms with Crippen molar-refractivity contribution in [2.24, 2.45) is 0 Å². The van der Waals surface area contributed by atoms with Crippen molar-refractivity contribution in [3.63, 3.8) is 0 Å².